The third-order valence-corrected chi connectivity index (χ3v) is 8.28. The Balaban J connectivity index is 1.65. The molecule has 25 heavy (non-hydrogen) atoms. The van der Waals surface area contributed by atoms with E-state index in [0.717, 1.165) is 3.79 Å². The lowest BCUT2D eigenvalue weighted by atomic mass is 10.2. The largest absolute Gasteiger partial charge is 0.338 e. The Kier molecular flexibility index (Phi) is 5.64. The Morgan fingerprint density at radius 2 is 1.88 bits per heavy atom. The second kappa shape index (κ2) is 7.43. The summed E-state index contributed by atoms with van der Waals surface area (Å²) < 4.78 is 33.5. The fourth-order valence-electron chi connectivity index (χ4n) is 2.70. The van der Waals surface area contributed by atoms with Crippen molar-refractivity contribution in [3.8, 4) is 0 Å². The molecular weight excluding hydrogens is 428 g/mol. The summed E-state index contributed by atoms with van der Waals surface area (Å²) in [4.78, 5) is 6.62. The summed E-state index contributed by atoms with van der Waals surface area (Å²) in [6.45, 7) is 8.22. The van der Waals surface area contributed by atoms with Crippen LogP contribution in [0.2, 0.25) is 0 Å². The lowest BCUT2D eigenvalue weighted by molar-refractivity contribution is 0.124. The molecule has 0 radical (unpaired) electrons. The van der Waals surface area contributed by atoms with Gasteiger partial charge in [0.1, 0.15) is 4.21 Å². The minimum Gasteiger partial charge on any atom is -0.338 e. The lowest BCUT2D eigenvalue weighted by Gasteiger charge is -2.35. The van der Waals surface area contributed by atoms with Crippen LogP contribution in [-0.4, -0.2) is 53.9 Å². The Labute approximate surface area is 160 Å². The maximum atomic E-state index is 12.7. The van der Waals surface area contributed by atoms with Crippen molar-refractivity contribution in [2.75, 3.05) is 26.2 Å². The van der Waals surface area contributed by atoms with Crippen molar-refractivity contribution in [2.24, 2.45) is 0 Å². The predicted octanol–water partition coefficient (Wildman–Crippen LogP) is 3.08. The van der Waals surface area contributed by atoms with E-state index in [9.17, 15) is 8.42 Å². The third-order valence-electron chi connectivity index (χ3n) is 4.29. The zero-order valence-corrected chi connectivity index (χ0v) is 17.6. The van der Waals surface area contributed by atoms with Gasteiger partial charge >= 0.3 is 0 Å². The van der Waals surface area contributed by atoms with Gasteiger partial charge in [0.05, 0.1) is 9.83 Å². The quantitative estimate of drug-likeness (QED) is 0.698. The molecule has 1 fully saturated rings. The second-order valence-corrected chi connectivity index (χ2v) is 10.9. The van der Waals surface area contributed by atoms with Crippen LogP contribution in [0.5, 0.6) is 0 Å². The first kappa shape index (κ1) is 19.0. The van der Waals surface area contributed by atoms with Gasteiger partial charge in [0.15, 0.2) is 5.82 Å². The van der Waals surface area contributed by atoms with E-state index >= 15 is 0 Å². The Hall–Kier alpha value is -0.810. The highest BCUT2D eigenvalue weighted by Gasteiger charge is 2.32. The van der Waals surface area contributed by atoms with Gasteiger partial charge < -0.3 is 4.52 Å². The van der Waals surface area contributed by atoms with E-state index in [2.05, 4.69) is 31.0 Å². The highest BCUT2D eigenvalue weighted by atomic mass is 79.9. The lowest BCUT2D eigenvalue weighted by Crippen LogP contribution is -2.49. The first-order valence-corrected chi connectivity index (χ1v) is 11.2. The zero-order chi connectivity index (χ0) is 18.2. The molecule has 1 aliphatic rings. The molecular formula is C15H21BrN4O3S2. The topological polar surface area (TPSA) is 79.5 Å². The number of sulfonamides is 1. The van der Waals surface area contributed by atoms with E-state index in [0.29, 0.717) is 42.1 Å². The van der Waals surface area contributed by atoms with Gasteiger partial charge in [0, 0.05) is 32.1 Å². The van der Waals surface area contributed by atoms with E-state index in [1.54, 1.807) is 16.4 Å². The van der Waals surface area contributed by atoms with Crippen LogP contribution in [0.1, 0.15) is 44.4 Å². The van der Waals surface area contributed by atoms with Crippen molar-refractivity contribution < 1.29 is 12.9 Å². The zero-order valence-electron chi connectivity index (χ0n) is 14.3. The average Bonchev–Trinajstić information content (AvgIpc) is 3.23. The molecule has 3 heterocycles. The van der Waals surface area contributed by atoms with Gasteiger partial charge in [-0.25, -0.2) is 8.42 Å². The highest BCUT2D eigenvalue weighted by Crippen LogP contribution is 2.30. The predicted molar refractivity (Wildman–Crippen MR) is 99.2 cm³/mol. The molecule has 1 aliphatic heterocycles. The number of hydrogen-bond donors (Lipinski definition) is 0. The van der Waals surface area contributed by atoms with Crippen LogP contribution in [0.3, 0.4) is 0 Å². The summed E-state index contributed by atoms with van der Waals surface area (Å²) in [5, 5.41) is 4.01. The second-order valence-electron chi connectivity index (χ2n) is 6.32. The molecule has 0 bridgehead atoms. The first-order chi connectivity index (χ1) is 11.8. The van der Waals surface area contributed by atoms with Crippen LogP contribution in [-0.2, 0) is 10.0 Å². The molecule has 1 saturated heterocycles. The molecule has 0 aromatic carbocycles. The molecule has 1 atom stereocenters. The van der Waals surface area contributed by atoms with Crippen molar-refractivity contribution in [3.05, 3.63) is 27.6 Å². The van der Waals surface area contributed by atoms with Gasteiger partial charge in [-0.15, -0.1) is 11.3 Å². The van der Waals surface area contributed by atoms with Crippen molar-refractivity contribution >= 4 is 37.3 Å². The molecule has 10 heteroatoms. The van der Waals surface area contributed by atoms with E-state index in [4.69, 9.17) is 4.52 Å². The molecule has 0 N–H and O–H groups in total. The monoisotopic (exact) mass is 448 g/mol. The Morgan fingerprint density at radius 1 is 1.20 bits per heavy atom. The normalized spacial score (nSPS) is 18.8. The maximum Gasteiger partial charge on any atom is 0.252 e. The molecule has 2 aromatic rings. The molecule has 3 rings (SSSR count). The smallest absolute Gasteiger partial charge is 0.252 e. The van der Waals surface area contributed by atoms with Crippen LogP contribution in [0, 0.1) is 0 Å². The molecule has 138 valence electrons. The van der Waals surface area contributed by atoms with Gasteiger partial charge in [-0.2, -0.15) is 9.29 Å². The summed E-state index contributed by atoms with van der Waals surface area (Å²) in [6.07, 6.45) is 0. The minimum atomic E-state index is -3.42. The summed E-state index contributed by atoms with van der Waals surface area (Å²) >= 11 is 4.56. The SMILES string of the molecule is CC(C)c1noc(C(C)N2CCN(S(=O)(=O)c3ccc(Br)s3)CC2)n1. The number of nitrogens with zero attached hydrogens (tertiary/aromatic N) is 4. The summed E-state index contributed by atoms with van der Waals surface area (Å²) in [5.41, 5.74) is 0. The van der Waals surface area contributed by atoms with Crippen LogP contribution in [0.25, 0.3) is 0 Å². The highest BCUT2D eigenvalue weighted by molar-refractivity contribution is 9.11. The maximum absolute atomic E-state index is 12.7. The van der Waals surface area contributed by atoms with Crippen molar-refractivity contribution in [3.63, 3.8) is 0 Å². The molecule has 0 aliphatic carbocycles. The van der Waals surface area contributed by atoms with Gasteiger partial charge in [-0.1, -0.05) is 19.0 Å². The summed E-state index contributed by atoms with van der Waals surface area (Å²) in [5.74, 6) is 1.50. The van der Waals surface area contributed by atoms with Crippen LogP contribution >= 0.6 is 27.3 Å². The van der Waals surface area contributed by atoms with Crippen LogP contribution in [0.4, 0.5) is 0 Å². The molecule has 0 amide bonds. The van der Waals surface area contributed by atoms with E-state index in [1.165, 1.54) is 11.3 Å². The van der Waals surface area contributed by atoms with Crippen molar-refractivity contribution in [1.82, 2.24) is 19.3 Å². The number of thiophene rings is 1. The number of hydrogen-bond acceptors (Lipinski definition) is 7. The molecule has 0 saturated carbocycles. The van der Waals surface area contributed by atoms with Gasteiger partial charge in [-0.05, 0) is 35.0 Å². The Bertz CT molecular complexity index is 825. The van der Waals surface area contributed by atoms with Crippen LogP contribution in [0.15, 0.2) is 24.7 Å². The van der Waals surface area contributed by atoms with E-state index < -0.39 is 10.0 Å². The fourth-order valence-corrected chi connectivity index (χ4v) is 6.29. The van der Waals surface area contributed by atoms with Crippen molar-refractivity contribution in [2.45, 2.75) is 36.9 Å². The standard InChI is InChI=1S/C15H21BrN4O3S2/c1-10(2)14-17-15(23-18-14)11(3)19-6-8-20(9-7-19)25(21,22)13-5-4-12(16)24-13/h4-5,10-11H,6-9H2,1-3H3. The van der Waals surface area contributed by atoms with E-state index in [1.807, 2.05) is 20.8 Å². The fraction of sp³-hybridized carbons (Fsp3) is 0.600. The first-order valence-electron chi connectivity index (χ1n) is 8.12. The molecule has 7 nitrogen and oxygen atoms in total. The van der Waals surface area contributed by atoms with Gasteiger partial charge in [0.25, 0.3) is 10.0 Å². The minimum absolute atomic E-state index is 0.0271. The van der Waals surface area contributed by atoms with Crippen LogP contribution < -0.4 is 0 Å². The molecule has 2 aromatic heterocycles. The van der Waals surface area contributed by atoms with E-state index in [-0.39, 0.29) is 12.0 Å². The summed E-state index contributed by atoms with van der Waals surface area (Å²) in [6, 6.07) is 3.38. The van der Waals surface area contributed by atoms with Gasteiger partial charge in [0.2, 0.25) is 5.89 Å². The van der Waals surface area contributed by atoms with Gasteiger partial charge in [-0.3, -0.25) is 4.90 Å². The molecule has 1 unspecified atom stereocenters. The average molecular weight is 449 g/mol. The number of halogens is 1. The third kappa shape index (κ3) is 3.97. The number of rotatable bonds is 5. The number of aromatic nitrogens is 2. The van der Waals surface area contributed by atoms with Crippen molar-refractivity contribution in [1.29, 1.82) is 0 Å². The summed E-state index contributed by atoms with van der Waals surface area (Å²) in [7, 11) is -3.42. The molecule has 0 spiro atoms. The number of piperazine rings is 1. The Morgan fingerprint density at radius 3 is 2.40 bits per heavy atom.